The normalized spacial score (nSPS) is 15.8. The SMILES string of the molecule is COC(=O)C1=C(C(F)(F)F)NC(C)=C(C(=O)OCCCCCNCC(O)COc2ccccc2)C1c1ccccc1[N+](=O)[O-]. The molecule has 11 nitrogen and oxygen atoms in total. The lowest BCUT2D eigenvalue weighted by Crippen LogP contribution is -2.38. The third kappa shape index (κ3) is 9.04. The van der Waals surface area contributed by atoms with E-state index < -0.39 is 52.0 Å². The molecule has 3 N–H and O–H groups in total. The first-order chi connectivity index (χ1) is 21.0. The molecule has 0 radical (unpaired) electrons. The number of esters is 2. The zero-order valence-corrected chi connectivity index (χ0v) is 24.2. The van der Waals surface area contributed by atoms with Crippen molar-refractivity contribution in [2.45, 2.75) is 44.4 Å². The van der Waals surface area contributed by atoms with Crippen LogP contribution in [0.25, 0.3) is 0 Å². The molecule has 2 aromatic rings. The van der Waals surface area contributed by atoms with Crippen LogP contribution in [0.3, 0.4) is 0 Å². The first kappa shape index (κ1) is 34.1. The summed E-state index contributed by atoms with van der Waals surface area (Å²) in [7, 11) is 0.872. The van der Waals surface area contributed by atoms with E-state index in [4.69, 9.17) is 9.47 Å². The van der Waals surface area contributed by atoms with Crippen molar-refractivity contribution in [3.63, 3.8) is 0 Å². The number of hydrogen-bond donors (Lipinski definition) is 3. The van der Waals surface area contributed by atoms with Crippen LogP contribution in [-0.2, 0) is 19.1 Å². The van der Waals surface area contributed by atoms with Crippen LogP contribution in [-0.4, -0.2) is 67.7 Å². The van der Waals surface area contributed by atoms with Crippen LogP contribution in [0.5, 0.6) is 5.75 Å². The summed E-state index contributed by atoms with van der Waals surface area (Å²) in [6.45, 7) is 2.11. The maximum atomic E-state index is 14.0. The van der Waals surface area contributed by atoms with E-state index in [0.29, 0.717) is 38.1 Å². The van der Waals surface area contributed by atoms with Crippen molar-refractivity contribution in [1.82, 2.24) is 10.6 Å². The van der Waals surface area contributed by atoms with Gasteiger partial charge in [0.2, 0.25) is 0 Å². The minimum atomic E-state index is -5.07. The van der Waals surface area contributed by atoms with Crippen molar-refractivity contribution in [2.24, 2.45) is 0 Å². The second kappa shape index (κ2) is 15.9. The van der Waals surface area contributed by atoms with Crippen molar-refractivity contribution >= 4 is 17.6 Å². The Morgan fingerprint density at radius 1 is 1.05 bits per heavy atom. The molecule has 1 heterocycles. The summed E-state index contributed by atoms with van der Waals surface area (Å²) >= 11 is 0. The number of allylic oxidation sites excluding steroid dienone is 2. The van der Waals surface area contributed by atoms with E-state index in [9.17, 15) is 38.0 Å². The highest BCUT2D eigenvalue weighted by Gasteiger charge is 2.48. The van der Waals surface area contributed by atoms with Gasteiger partial charge in [-0.2, -0.15) is 13.2 Å². The quantitative estimate of drug-likeness (QED) is 0.114. The molecule has 2 aromatic carbocycles. The number of unbranched alkanes of at least 4 members (excludes halogenated alkanes) is 2. The number of hydrogen-bond acceptors (Lipinski definition) is 10. The number of ether oxygens (including phenoxy) is 3. The molecule has 0 aliphatic carbocycles. The van der Waals surface area contributed by atoms with Gasteiger partial charge in [-0.25, -0.2) is 9.59 Å². The van der Waals surface area contributed by atoms with Crippen molar-refractivity contribution in [2.75, 3.05) is 33.4 Å². The molecule has 0 spiro atoms. The van der Waals surface area contributed by atoms with Gasteiger partial charge in [-0.3, -0.25) is 10.1 Å². The first-order valence-electron chi connectivity index (χ1n) is 13.8. The van der Waals surface area contributed by atoms with Crippen molar-refractivity contribution in [1.29, 1.82) is 0 Å². The zero-order valence-electron chi connectivity index (χ0n) is 24.2. The summed E-state index contributed by atoms with van der Waals surface area (Å²) in [4.78, 5) is 36.9. The molecule has 0 amide bonds. The lowest BCUT2D eigenvalue weighted by molar-refractivity contribution is -0.385. The number of carbonyl (C=O) groups excluding carboxylic acids is 2. The number of para-hydroxylation sites is 2. The van der Waals surface area contributed by atoms with Gasteiger partial charge < -0.3 is 30.0 Å². The highest BCUT2D eigenvalue weighted by Crippen LogP contribution is 2.45. The number of methoxy groups -OCH3 is 1. The zero-order chi connectivity index (χ0) is 32.3. The molecule has 2 atom stereocenters. The smallest absolute Gasteiger partial charge is 0.431 e. The van der Waals surface area contributed by atoms with Crippen LogP contribution in [0.4, 0.5) is 18.9 Å². The number of aliphatic hydroxyl groups excluding tert-OH is 1. The van der Waals surface area contributed by atoms with E-state index in [1.165, 1.54) is 25.1 Å². The minimum absolute atomic E-state index is 0.0871. The molecule has 0 bridgehead atoms. The maximum absolute atomic E-state index is 14.0. The van der Waals surface area contributed by atoms with E-state index in [0.717, 1.165) is 13.2 Å². The summed E-state index contributed by atoms with van der Waals surface area (Å²) < 4.78 is 57.6. The predicted octanol–water partition coefficient (Wildman–Crippen LogP) is 4.29. The summed E-state index contributed by atoms with van der Waals surface area (Å²) in [6, 6.07) is 14.0. The average Bonchev–Trinajstić information content (AvgIpc) is 3.00. The fourth-order valence-electron chi connectivity index (χ4n) is 4.67. The van der Waals surface area contributed by atoms with E-state index in [-0.39, 0.29) is 30.0 Å². The van der Waals surface area contributed by atoms with Gasteiger partial charge in [-0.15, -0.1) is 0 Å². The summed E-state index contributed by atoms with van der Waals surface area (Å²) in [5.74, 6) is -3.56. The maximum Gasteiger partial charge on any atom is 0.431 e. The minimum Gasteiger partial charge on any atom is -0.491 e. The summed E-state index contributed by atoms with van der Waals surface area (Å²) in [6.07, 6.45) is -4.08. The Kier molecular flexibility index (Phi) is 12.3. The highest BCUT2D eigenvalue weighted by atomic mass is 19.4. The van der Waals surface area contributed by atoms with Gasteiger partial charge in [0.15, 0.2) is 0 Å². The fraction of sp³-hybridized carbons (Fsp3) is 0.400. The van der Waals surface area contributed by atoms with Gasteiger partial charge in [-0.05, 0) is 44.9 Å². The second-order valence-corrected chi connectivity index (χ2v) is 9.87. The van der Waals surface area contributed by atoms with Crippen molar-refractivity contribution < 1.29 is 47.0 Å². The third-order valence-electron chi connectivity index (χ3n) is 6.71. The molecular weight excluding hydrogens is 587 g/mol. The standard InChI is InChI=1S/C30H34F3N3O8/c1-19-24(29(39)43-16-10-4-9-15-34-17-20(37)18-44-21-11-5-3-6-12-21)25(22-13-7-8-14-23(22)36(40)41)26(28(38)42-2)27(35-19)30(31,32)33/h3,5-8,11-14,20,25,34-35,37H,4,9-10,15-18H2,1-2H3. The lowest BCUT2D eigenvalue weighted by Gasteiger charge is -2.31. The van der Waals surface area contributed by atoms with Gasteiger partial charge in [0.1, 0.15) is 24.2 Å². The molecular formula is C30H34F3N3O8. The number of benzene rings is 2. The number of carbonyl (C=O) groups is 2. The number of nitrogens with zero attached hydrogens (tertiary/aromatic N) is 1. The molecule has 238 valence electrons. The number of aliphatic hydroxyl groups is 1. The van der Waals surface area contributed by atoms with Gasteiger partial charge in [0, 0.05) is 23.9 Å². The van der Waals surface area contributed by atoms with Gasteiger partial charge in [0.25, 0.3) is 5.69 Å². The Balaban J connectivity index is 1.62. The fourth-order valence-corrected chi connectivity index (χ4v) is 4.67. The Morgan fingerprint density at radius 3 is 2.39 bits per heavy atom. The number of halogens is 3. The lowest BCUT2D eigenvalue weighted by atomic mass is 9.79. The molecule has 0 saturated carbocycles. The molecule has 3 rings (SSSR count). The number of nitro benzene ring substituents is 1. The van der Waals surface area contributed by atoms with E-state index in [1.54, 1.807) is 12.1 Å². The van der Waals surface area contributed by atoms with Crippen LogP contribution < -0.4 is 15.4 Å². The monoisotopic (exact) mass is 621 g/mol. The van der Waals surface area contributed by atoms with E-state index >= 15 is 0 Å². The number of nitrogens with one attached hydrogen (secondary N) is 2. The number of dihydropyridines is 1. The molecule has 0 aromatic heterocycles. The van der Waals surface area contributed by atoms with Gasteiger partial charge >= 0.3 is 18.1 Å². The Morgan fingerprint density at radius 2 is 1.73 bits per heavy atom. The number of alkyl halides is 3. The highest BCUT2D eigenvalue weighted by molar-refractivity contribution is 6.00. The number of rotatable bonds is 15. The first-order valence-corrected chi connectivity index (χ1v) is 13.8. The van der Waals surface area contributed by atoms with Crippen LogP contribution in [0.15, 0.2) is 77.1 Å². The summed E-state index contributed by atoms with van der Waals surface area (Å²) in [5.41, 5.74) is -3.99. The van der Waals surface area contributed by atoms with Crippen LogP contribution in [0.1, 0.15) is 37.7 Å². The average molecular weight is 622 g/mol. The van der Waals surface area contributed by atoms with E-state index in [2.05, 4.69) is 15.4 Å². The Bertz CT molecular complexity index is 1380. The molecule has 1 aliphatic heterocycles. The molecule has 2 unspecified atom stereocenters. The van der Waals surface area contributed by atoms with Crippen molar-refractivity contribution in [3.05, 3.63) is 92.8 Å². The predicted molar refractivity (Wildman–Crippen MR) is 152 cm³/mol. The van der Waals surface area contributed by atoms with Crippen molar-refractivity contribution in [3.8, 4) is 5.75 Å². The molecule has 14 heteroatoms. The van der Waals surface area contributed by atoms with E-state index in [1.807, 2.05) is 18.2 Å². The third-order valence-corrected chi connectivity index (χ3v) is 6.71. The van der Waals surface area contributed by atoms with Crippen LogP contribution in [0.2, 0.25) is 0 Å². The summed E-state index contributed by atoms with van der Waals surface area (Å²) in [5, 5.41) is 27.0. The molecule has 0 fully saturated rings. The van der Waals surface area contributed by atoms with Crippen LogP contribution >= 0.6 is 0 Å². The molecule has 0 saturated heterocycles. The van der Waals surface area contributed by atoms with Gasteiger partial charge in [0.05, 0.1) is 35.7 Å². The van der Waals surface area contributed by atoms with Crippen LogP contribution in [0, 0.1) is 10.1 Å². The second-order valence-electron chi connectivity index (χ2n) is 9.87. The number of nitro groups is 1. The Hall–Kier alpha value is -4.43. The molecule has 1 aliphatic rings. The van der Waals surface area contributed by atoms with Gasteiger partial charge in [-0.1, -0.05) is 36.4 Å². The molecule has 44 heavy (non-hydrogen) atoms. The largest absolute Gasteiger partial charge is 0.491 e. The Labute approximate surface area is 251 Å². The topological polar surface area (TPSA) is 149 Å².